The number of hydrogen-bond donors (Lipinski definition) is 12. The molecule has 0 bridgehead atoms. The Labute approximate surface area is 502 Å². The van der Waals surface area contributed by atoms with Crippen molar-refractivity contribution in [1.29, 1.82) is 0 Å². The van der Waals surface area contributed by atoms with E-state index in [1.807, 2.05) is 60.7 Å². The molecule has 4 heterocycles. The normalized spacial score (nSPS) is 23.5. The third-order valence-corrected chi connectivity index (χ3v) is 16.1. The van der Waals surface area contributed by atoms with Crippen LogP contribution in [0.15, 0.2) is 97.3 Å². The fourth-order valence-electron chi connectivity index (χ4n) is 9.65. The molecule has 0 radical (unpaired) electrons. The van der Waals surface area contributed by atoms with E-state index in [1.54, 1.807) is 12.4 Å². The van der Waals surface area contributed by atoms with Crippen molar-refractivity contribution in [1.82, 2.24) is 51.3 Å². The number of aliphatic hydroxyl groups excluding tert-OH is 6. The minimum atomic E-state index is -2.44. The lowest BCUT2D eigenvalue weighted by Crippen LogP contribution is -2.67. The van der Waals surface area contributed by atoms with Gasteiger partial charge in [-0.05, 0) is 48.6 Å². The van der Waals surface area contributed by atoms with Crippen LogP contribution in [-0.4, -0.2) is 228 Å². The first-order valence-corrected chi connectivity index (χ1v) is 30.0. The first-order chi connectivity index (χ1) is 41.2. The molecule has 466 valence electrons. The first-order valence-electron chi connectivity index (χ1n) is 27.6. The molecule has 2 unspecified atom stereocenters. The van der Waals surface area contributed by atoms with Crippen LogP contribution >= 0.6 is 23.5 Å². The zero-order valence-electron chi connectivity index (χ0n) is 47.1. The SMILES string of the molecule is CC(=O)N[C@@H]1[C@@H](O)C[C@](OCCCSCCNC(=O)c2ccc(C(=O)NCCSCCCO[C@]3(C(=O)O)C[C@H](O)[C@@H](NC(C)=O)[C@H](C(O)[C@H](O)Cn4cc(-c5ccccc5)nn4)O3)cc2)(C(=O)O)O[C@H]1C(O)[C@H](O)Cn1cc(-c2ccccc2)nn1. The Morgan fingerprint density at radius 3 is 1.31 bits per heavy atom. The van der Waals surface area contributed by atoms with Gasteiger partial charge >= 0.3 is 11.9 Å². The van der Waals surface area contributed by atoms with Crippen LogP contribution in [0.3, 0.4) is 0 Å². The number of aliphatic carboxylic acids is 2. The maximum atomic E-state index is 12.9. The summed E-state index contributed by atoms with van der Waals surface area (Å²) < 4.78 is 25.8. The predicted molar refractivity (Wildman–Crippen MR) is 309 cm³/mol. The van der Waals surface area contributed by atoms with Crippen LogP contribution in [0.5, 0.6) is 0 Å². The van der Waals surface area contributed by atoms with Crippen molar-refractivity contribution in [3.8, 4) is 22.5 Å². The van der Waals surface area contributed by atoms with E-state index in [9.17, 15) is 69.6 Å². The number of nitrogens with one attached hydrogen (secondary N) is 4. The molecular formula is C56H72N10O18S2. The van der Waals surface area contributed by atoms with Crippen molar-refractivity contribution in [2.45, 2.75) is 125 Å². The average molecular weight is 1240 g/mol. The van der Waals surface area contributed by atoms with Crippen LogP contribution in [0, 0.1) is 0 Å². The summed E-state index contributed by atoms with van der Waals surface area (Å²) in [6.07, 6.45) is -10.8. The van der Waals surface area contributed by atoms with E-state index in [0.717, 1.165) is 11.1 Å². The summed E-state index contributed by atoms with van der Waals surface area (Å²) in [7, 11) is 0. The molecule has 2 fully saturated rings. The van der Waals surface area contributed by atoms with Gasteiger partial charge in [-0.1, -0.05) is 71.1 Å². The molecule has 86 heavy (non-hydrogen) atoms. The minimum absolute atomic E-state index is 0.150. The monoisotopic (exact) mass is 1240 g/mol. The summed E-state index contributed by atoms with van der Waals surface area (Å²) in [5, 5.41) is 114. The van der Waals surface area contributed by atoms with Gasteiger partial charge in [0.2, 0.25) is 11.8 Å². The number of rotatable bonds is 32. The second-order valence-electron chi connectivity index (χ2n) is 20.5. The van der Waals surface area contributed by atoms with Crippen LogP contribution in [0.1, 0.15) is 60.2 Å². The molecule has 5 aromatic rings. The number of thioether (sulfide) groups is 2. The maximum Gasteiger partial charge on any atom is 0.364 e. The number of carboxylic acids is 2. The fourth-order valence-corrected chi connectivity index (χ4v) is 11.2. The van der Waals surface area contributed by atoms with Crippen LogP contribution in [0.25, 0.3) is 22.5 Å². The highest BCUT2D eigenvalue weighted by atomic mass is 32.2. The first kappa shape index (κ1) is 66.6. The van der Waals surface area contributed by atoms with E-state index in [2.05, 4.69) is 41.9 Å². The molecule has 0 aliphatic carbocycles. The average Bonchev–Trinajstić information content (AvgIpc) is 1.37. The molecule has 2 aromatic heterocycles. The van der Waals surface area contributed by atoms with Crippen molar-refractivity contribution in [3.63, 3.8) is 0 Å². The molecule has 2 aliphatic heterocycles. The second kappa shape index (κ2) is 31.6. The van der Waals surface area contributed by atoms with E-state index >= 15 is 0 Å². The smallest absolute Gasteiger partial charge is 0.364 e. The van der Waals surface area contributed by atoms with E-state index in [0.29, 0.717) is 58.4 Å². The van der Waals surface area contributed by atoms with Gasteiger partial charge < -0.3 is 81.1 Å². The Morgan fingerprint density at radius 1 is 0.593 bits per heavy atom. The van der Waals surface area contributed by atoms with Gasteiger partial charge in [-0.2, -0.15) is 23.5 Å². The molecule has 12 N–H and O–H groups in total. The molecule has 0 spiro atoms. The quantitative estimate of drug-likeness (QED) is 0.0245. The highest BCUT2D eigenvalue weighted by Crippen LogP contribution is 2.36. The van der Waals surface area contributed by atoms with Gasteiger partial charge in [0.15, 0.2) is 0 Å². The third-order valence-electron chi connectivity index (χ3n) is 14.0. The molecule has 28 nitrogen and oxygen atoms in total. The standard InChI is InChI=1S/C56H72N10O18S2/c1-33(67)59-45-41(69)27-55(53(77)78,83-49(45)47(73)43(71)31-65-29-39(61-63-65)35-11-5-3-6-12-35)81-21-9-23-85-25-19-57-51(75)37-15-17-38(18-16-37)52(76)58-20-26-86-24-10-22-82-56(54(79)80)28-42(70)46(60-34(2)68)50(84-56)48(74)44(72)32-66-30-40(62-64-66)36-13-7-4-8-14-36/h3-8,11-18,29-30,41-50,69-74H,9-10,19-28,31-32H2,1-2H3,(H,57,75)(H,58,76)(H,59,67)(H,60,68)(H,77,78)(H,79,80)/t41-,42-,43+,44+,45+,46+,47?,48?,49+,50+,55+,56+/m0/s1. The molecule has 7 rings (SSSR count). The molecule has 2 saturated heterocycles. The number of aromatic nitrogens is 6. The maximum absolute atomic E-state index is 12.9. The zero-order chi connectivity index (χ0) is 62.0. The van der Waals surface area contributed by atoms with E-state index < -0.39 is 109 Å². The summed E-state index contributed by atoms with van der Waals surface area (Å²) in [5.41, 5.74) is 3.15. The largest absolute Gasteiger partial charge is 0.477 e. The summed E-state index contributed by atoms with van der Waals surface area (Å²) in [4.78, 5) is 75.4. The number of ether oxygens (including phenoxy) is 4. The van der Waals surface area contributed by atoms with E-state index in [1.165, 1.54) is 71.0 Å². The lowest BCUT2D eigenvalue weighted by molar-refractivity contribution is -0.310. The van der Waals surface area contributed by atoms with E-state index in [4.69, 9.17) is 18.9 Å². The van der Waals surface area contributed by atoms with E-state index in [-0.39, 0.29) is 51.2 Å². The lowest BCUT2D eigenvalue weighted by atomic mass is 9.88. The van der Waals surface area contributed by atoms with Crippen LogP contribution in [-0.2, 0) is 51.2 Å². The Bertz CT molecular complexity index is 2820. The highest BCUT2D eigenvalue weighted by Gasteiger charge is 2.57. The number of carbonyl (C=O) groups is 6. The Morgan fingerprint density at radius 2 is 0.965 bits per heavy atom. The van der Waals surface area contributed by atoms with Gasteiger partial charge in [0.05, 0.1) is 63.0 Å². The van der Waals surface area contributed by atoms with Gasteiger partial charge in [-0.15, -0.1) is 10.2 Å². The van der Waals surface area contributed by atoms with Gasteiger partial charge in [0, 0.05) is 73.5 Å². The van der Waals surface area contributed by atoms with Gasteiger partial charge in [-0.25, -0.2) is 19.0 Å². The number of hydrogen-bond acceptors (Lipinski definition) is 22. The van der Waals surface area contributed by atoms with Crippen molar-refractivity contribution >= 4 is 59.1 Å². The second-order valence-corrected chi connectivity index (χ2v) is 22.9. The summed E-state index contributed by atoms with van der Waals surface area (Å²) in [5.74, 6) is -8.11. The lowest BCUT2D eigenvalue weighted by Gasteiger charge is -2.46. The minimum Gasteiger partial charge on any atom is -0.477 e. The van der Waals surface area contributed by atoms with Gasteiger partial charge in [0.25, 0.3) is 23.4 Å². The summed E-state index contributed by atoms with van der Waals surface area (Å²) in [6.45, 7) is 2.01. The number of carbonyl (C=O) groups excluding carboxylic acids is 4. The van der Waals surface area contributed by atoms with Gasteiger partial charge in [0.1, 0.15) is 48.0 Å². The zero-order valence-corrected chi connectivity index (χ0v) is 48.7. The summed E-state index contributed by atoms with van der Waals surface area (Å²) >= 11 is 2.89. The molecule has 4 amide bonds. The van der Waals surface area contributed by atoms with Crippen LogP contribution < -0.4 is 21.3 Å². The topological polar surface area (TPSA) is 411 Å². The summed E-state index contributed by atoms with van der Waals surface area (Å²) in [6, 6.07) is 21.6. The Hall–Kier alpha value is -6.94. The number of aliphatic hydroxyl groups is 6. The number of carboxylic acid groups (broad SMARTS) is 2. The third kappa shape index (κ3) is 18.1. The predicted octanol–water partition coefficient (Wildman–Crippen LogP) is -0.342. The molecule has 30 heteroatoms. The Kier molecular flexibility index (Phi) is 24.5. The van der Waals surface area contributed by atoms with Crippen molar-refractivity contribution in [3.05, 3.63) is 108 Å². The fraction of sp³-hybridized carbons (Fsp3) is 0.500. The van der Waals surface area contributed by atoms with Crippen molar-refractivity contribution < 1.29 is 88.6 Å². The molecule has 0 saturated carbocycles. The number of amides is 4. The molecule has 3 aromatic carbocycles. The Balaban J connectivity index is 0.778. The molecule has 12 atom stereocenters. The van der Waals surface area contributed by atoms with Crippen LogP contribution in [0.4, 0.5) is 0 Å². The number of benzene rings is 3. The molecular weight excluding hydrogens is 1160 g/mol. The number of nitrogens with zero attached hydrogens (tertiary/aromatic N) is 6. The highest BCUT2D eigenvalue weighted by molar-refractivity contribution is 7.99. The van der Waals surface area contributed by atoms with Gasteiger partial charge in [-0.3, -0.25) is 19.2 Å². The van der Waals surface area contributed by atoms with Crippen molar-refractivity contribution in [2.75, 3.05) is 49.3 Å². The molecule has 2 aliphatic rings. The van der Waals surface area contributed by atoms with Crippen LogP contribution in [0.2, 0.25) is 0 Å². The van der Waals surface area contributed by atoms with Crippen molar-refractivity contribution in [2.24, 2.45) is 0 Å².